The van der Waals surface area contributed by atoms with Gasteiger partial charge in [-0.15, -0.1) is 0 Å². The van der Waals surface area contributed by atoms with Crippen LogP contribution in [0.25, 0.3) is 0 Å². The smallest absolute Gasteiger partial charge is 0.264 e. The highest BCUT2D eigenvalue weighted by Gasteiger charge is 2.33. The highest BCUT2D eigenvalue weighted by atomic mass is 35.5. The van der Waals surface area contributed by atoms with E-state index in [0.717, 1.165) is 21.9 Å². The van der Waals surface area contributed by atoms with Crippen molar-refractivity contribution in [2.45, 2.75) is 51.6 Å². The second-order valence-electron chi connectivity index (χ2n) is 9.55. The predicted molar refractivity (Wildman–Crippen MR) is 158 cm³/mol. The summed E-state index contributed by atoms with van der Waals surface area (Å²) in [7, 11) is -2.61. The Balaban J connectivity index is 2.05. The maximum absolute atomic E-state index is 14.0. The maximum Gasteiger partial charge on any atom is 0.264 e. The fourth-order valence-electron chi connectivity index (χ4n) is 4.12. The molecule has 10 heteroatoms. The van der Waals surface area contributed by atoms with Crippen molar-refractivity contribution in [3.63, 3.8) is 0 Å². The van der Waals surface area contributed by atoms with Crippen LogP contribution in [0.1, 0.15) is 37.0 Å². The van der Waals surface area contributed by atoms with Crippen molar-refractivity contribution in [3.05, 3.63) is 88.4 Å². The maximum atomic E-state index is 14.0. The number of nitrogens with zero attached hydrogens (tertiary/aromatic N) is 2. The molecule has 0 aliphatic carbocycles. The molecule has 1 N–H and O–H groups in total. The molecule has 0 aliphatic rings. The van der Waals surface area contributed by atoms with Crippen LogP contribution in [0.4, 0.5) is 5.69 Å². The van der Waals surface area contributed by atoms with E-state index in [1.54, 1.807) is 75.6 Å². The Bertz CT molecular complexity index is 1430. The number of benzene rings is 3. The quantitative estimate of drug-likeness (QED) is 0.319. The average molecular weight is 586 g/mol. The number of anilines is 1. The van der Waals surface area contributed by atoms with E-state index >= 15 is 0 Å². The van der Waals surface area contributed by atoms with Gasteiger partial charge in [-0.05, 0) is 74.7 Å². The summed E-state index contributed by atoms with van der Waals surface area (Å²) in [6.45, 7) is 7.16. The molecule has 0 bridgehead atoms. The van der Waals surface area contributed by atoms with Crippen LogP contribution in [0.5, 0.6) is 5.75 Å². The molecule has 0 radical (unpaired) electrons. The second-order valence-corrected chi connectivity index (χ2v) is 11.8. The summed E-state index contributed by atoms with van der Waals surface area (Å²) in [5.74, 6) is -0.206. The topological polar surface area (TPSA) is 96.0 Å². The molecule has 0 saturated carbocycles. The van der Waals surface area contributed by atoms with Gasteiger partial charge >= 0.3 is 0 Å². The number of halogens is 1. The summed E-state index contributed by atoms with van der Waals surface area (Å²) in [6.07, 6.45) is 0.738. The third-order valence-corrected chi connectivity index (χ3v) is 8.81. The van der Waals surface area contributed by atoms with Crippen LogP contribution in [0.2, 0.25) is 5.02 Å². The minimum Gasteiger partial charge on any atom is -0.497 e. The standard InChI is InChI=1S/C30H36ClN3O5S/c1-6-18-32-30(36)23(4)33(19-24-12-14-25(39-5)15-13-24)29(35)20-34(28-9-7-8-27(31)22(28)3)40(37,38)26-16-10-21(2)11-17-26/h7-17,23H,6,18-20H2,1-5H3,(H,32,36)/t23-/m0/s1. The molecule has 0 spiro atoms. The molecule has 8 nitrogen and oxygen atoms in total. The summed E-state index contributed by atoms with van der Waals surface area (Å²) in [4.78, 5) is 28.4. The molecule has 1 atom stereocenters. The number of hydrogen-bond acceptors (Lipinski definition) is 5. The first kappa shape index (κ1) is 31.0. The monoisotopic (exact) mass is 585 g/mol. The van der Waals surface area contributed by atoms with Gasteiger partial charge in [0.05, 0.1) is 17.7 Å². The lowest BCUT2D eigenvalue weighted by atomic mass is 10.1. The molecule has 3 aromatic rings. The van der Waals surface area contributed by atoms with Crippen molar-refractivity contribution in [2.75, 3.05) is 24.5 Å². The van der Waals surface area contributed by atoms with Crippen LogP contribution in [0.3, 0.4) is 0 Å². The molecule has 214 valence electrons. The molecule has 0 heterocycles. The lowest BCUT2D eigenvalue weighted by Gasteiger charge is -2.32. The van der Waals surface area contributed by atoms with Crippen LogP contribution < -0.4 is 14.4 Å². The van der Waals surface area contributed by atoms with Gasteiger partial charge in [-0.2, -0.15) is 0 Å². The Kier molecular flexibility index (Phi) is 10.6. The van der Waals surface area contributed by atoms with Crippen LogP contribution in [0, 0.1) is 13.8 Å². The molecule has 0 saturated heterocycles. The van der Waals surface area contributed by atoms with Crippen molar-refractivity contribution >= 4 is 39.1 Å². The molecule has 0 unspecified atom stereocenters. The number of carbonyl (C=O) groups is 2. The van der Waals surface area contributed by atoms with Gasteiger partial charge in [-0.3, -0.25) is 13.9 Å². The zero-order valence-corrected chi connectivity index (χ0v) is 25.1. The number of methoxy groups -OCH3 is 1. The van der Waals surface area contributed by atoms with E-state index in [1.807, 2.05) is 13.8 Å². The molecule has 3 aromatic carbocycles. The second kappa shape index (κ2) is 13.7. The van der Waals surface area contributed by atoms with Crippen molar-refractivity contribution in [3.8, 4) is 5.75 Å². The van der Waals surface area contributed by atoms with Gasteiger partial charge in [0.2, 0.25) is 11.8 Å². The lowest BCUT2D eigenvalue weighted by molar-refractivity contribution is -0.139. The van der Waals surface area contributed by atoms with Crippen molar-refractivity contribution in [2.24, 2.45) is 0 Å². The van der Waals surface area contributed by atoms with E-state index in [1.165, 1.54) is 17.0 Å². The first-order chi connectivity index (χ1) is 19.0. The third kappa shape index (κ3) is 7.34. The number of nitrogens with one attached hydrogen (secondary N) is 1. The number of amides is 2. The van der Waals surface area contributed by atoms with Crippen LogP contribution in [-0.4, -0.2) is 51.4 Å². The molecule has 40 heavy (non-hydrogen) atoms. The number of carbonyl (C=O) groups excluding carboxylic acids is 2. The van der Waals surface area contributed by atoms with Crippen molar-refractivity contribution in [1.82, 2.24) is 10.2 Å². The Hall–Kier alpha value is -3.56. The summed E-state index contributed by atoms with van der Waals surface area (Å²) >= 11 is 6.37. The van der Waals surface area contributed by atoms with Gasteiger partial charge < -0.3 is 15.0 Å². The van der Waals surface area contributed by atoms with Gasteiger partial charge in [0, 0.05) is 18.1 Å². The molecule has 3 rings (SSSR count). The summed E-state index contributed by atoms with van der Waals surface area (Å²) < 4.78 is 34.2. The largest absolute Gasteiger partial charge is 0.497 e. The first-order valence-electron chi connectivity index (χ1n) is 13.0. The highest BCUT2D eigenvalue weighted by molar-refractivity contribution is 7.92. The fourth-order valence-corrected chi connectivity index (χ4v) is 5.76. The molecule has 0 aromatic heterocycles. The van der Waals surface area contributed by atoms with E-state index < -0.39 is 28.5 Å². The Morgan fingerprint density at radius 3 is 2.25 bits per heavy atom. The zero-order valence-electron chi connectivity index (χ0n) is 23.5. The Morgan fingerprint density at radius 2 is 1.65 bits per heavy atom. The molecule has 0 aliphatic heterocycles. The molecule has 2 amide bonds. The van der Waals surface area contributed by atoms with Gasteiger partial charge in [0.15, 0.2) is 0 Å². The fraction of sp³-hybridized carbons (Fsp3) is 0.333. The van der Waals surface area contributed by atoms with E-state index in [0.29, 0.717) is 22.9 Å². The SMILES string of the molecule is CCCNC(=O)[C@H](C)N(Cc1ccc(OC)cc1)C(=O)CN(c1cccc(Cl)c1C)S(=O)(=O)c1ccc(C)cc1. The van der Waals surface area contributed by atoms with E-state index in [9.17, 15) is 18.0 Å². The predicted octanol–water partition coefficient (Wildman–Crippen LogP) is 5.10. The molecular formula is C30H36ClN3O5S. The van der Waals surface area contributed by atoms with E-state index in [-0.39, 0.29) is 23.0 Å². The van der Waals surface area contributed by atoms with E-state index in [4.69, 9.17) is 16.3 Å². The minimum atomic E-state index is -4.17. The summed E-state index contributed by atoms with van der Waals surface area (Å²) in [5.41, 5.74) is 2.46. The normalized spacial score (nSPS) is 11.9. The number of rotatable bonds is 12. The van der Waals surface area contributed by atoms with E-state index in [2.05, 4.69) is 5.32 Å². The number of sulfonamides is 1. The molecular weight excluding hydrogens is 550 g/mol. The Labute approximate surface area is 241 Å². The summed E-state index contributed by atoms with van der Waals surface area (Å²) in [6, 6.07) is 17.6. The van der Waals surface area contributed by atoms with Crippen LogP contribution in [0.15, 0.2) is 71.6 Å². The number of aryl methyl sites for hydroxylation is 1. The lowest BCUT2D eigenvalue weighted by Crippen LogP contribution is -2.51. The number of hydrogen-bond donors (Lipinski definition) is 1. The van der Waals surface area contributed by atoms with Crippen molar-refractivity contribution in [1.29, 1.82) is 0 Å². The summed E-state index contributed by atoms with van der Waals surface area (Å²) in [5, 5.41) is 3.20. The zero-order chi connectivity index (χ0) is 29.4. The minimum absolute atomic E-state index is 0.0423. The number of ether oxygens (including phenoxy) is 1. The molecule has 0 fully saturated rings. The van der Waals surface area contributed by atoms with Crippen LogP contribution >= 0.6 is 11.6 Å². The van der Waals surface area contributed by atoms with Gasteiger partial charge in [-0.1, -0.05) is 54.4 Å². The average Bonchev–Trinajstić information content (AvgIpc) is 2.95. The van der Waals surface area contributed by atoms with Gasteiger partial charge in [-0.25, -0.2) is 8.42 Å². The van der Waals surface area contributed by atoms with Gasteiger partial charge in [0.1, 0.15) is 18.3 Å². The first-order valence-corrected chi connectivity index (χ1v) is 14.9. The highest BCUT2D eigenvalue weighted by Crippen LogP contribution is 2.31. The van der Waals surface area contributed by atoms with Crippen molar-refractivity contribution < 1.29 is 22.7 Å². The van der Waals surface area contributed by atoms with Crippen LogP contribution in [-0.2, 0) is 26.2 Å². The Morgan fingerprint density at radius 1 is 1.00 bits per heavy atom. The third-order valence-electron chi connectivity index (χ3n) is 6.62. The van der Waals surface area contributed by atoms with Gasteiger partial charge in [0.25, 0.3) is 10.0 Å².